The number of fused-ring (bicyclic) bond motifs is 6. The van der Waals surface area contributed by atoms with Crippen LogP contribution in [0, 0.1) is 0 Å². The van der Waals surface area contributed by atoms with Gasteiger partial charge >= 0.3 is 0 Å². The highest BCUT2D eigenvalue weighted by Gasteiger charge is 2.40. The standard InChI is InChI=1S/C41H30O/c1-41(2)37-20-12-11-18-32(37)36-24-34-31-17-9-10-19-33(31)38(42)25-35(34)39(40(36)41)30-22-28(26-13-5-3-6-14-26)21-29(23-30)27-15-7-4-8-16-27/h3-24H,25H2,1-2H3. The van der Waals surface area contributed by atoms with Crippen molar-refractivity contribution in [2.75, 3.05) is 0 Å². The van der Waals surface area contributed by atoms with Crippen LogP contribution < -0.4 is 0 Å². The van der Waals surface area contributed by atoms with Crippen molar-refractivity contribution >= 4 is 5.78 Å². The number of carbonyl (C=O) groups excluding carboxylic acids is 1. The number of carbonyl (C=O) groups is 1. The summed E-state index contributed by atoms with van der Waals surface area (Å²) in [5, 5.41) is 0. The maximum Gasteiger partial charge on any atom is 0.167 e. The van der Waals surface area contributed by atoms with Crippen LogP contribution in [0.3, 0.4) is 0 Å². The molecular formula is C41H30O. The Morgan fingerprint density at radius 3 is 1.64 bits per heavy atom. The molecule has 0 atom stereocenters. The first-order valence-electron chi connectivity index (χ1n) is 14.7. The molecule has 2 aliphatic rings. The van der Waals surface area contributed by atoms with E-state index >= 15 is 0 Å². The predicted molar refractivity (Wildman–Crippen MR) is 174 cm³/mol. The quantitative estimate of drug-likeness (QED) is 0.219. The van der Waals surface area contributed by atoms with Crippen LogP contribution in [0.5, 0.6) is 0 Å². The van der Waals surface area contributed by atoms with Crippen LogP contribution in [0.15, 0.2) is 133 Å². The van der Waals surface area contributed by atoms with Gasteiger partial charge in [-0.2, -0.15) is 0 Å². The number of Topliss-reactive ketones (excluding diaryl/α,β-unsaturated/α-hetero) is 1. The first-order chi connectivity index (χ1) is 20.5. The van der Waals surface area contributed by atoms with E-state index in [0.717, 1.165) is 22.3 Å². The van der Waals surface area contributed by atoms with E-state index in [1.165, 1.54) is 55.6 Å². The zero-order valence-corrected chi connectivity index (χ0v) is 23.8. The van der Waals surface area contributed by atoms with Crippen molar-refractivity contribution in [1.29, 1.82) is 0 Å². The van der Waals surface area contributed by atoms with Crippen LogP contribution >= 0.6 is 0 Å². The Balaban J connectivity index is 1.51. The van der Waals surface area contributed by atoms with Gasteiger partial charge in [0, 0.05) is 17.4 Å². The summed E-state index contributed by atoms with van der Waals surface area (Å²) in [6.45, 7) is 4.68. The van der Waals surface area contributed by atoms with Gasteiger partial charge < -0.3 is 0 Å². The molecule has 0 N–H and O–H groups in total. The largest absolute Gasteiger partial charge is 0.294 e. The Kier molecular flexibility index (Phi) is 5.46. The molecular weight excluding hydrogens is 508 g/mol. The lowest BCUT2D eigenvalue weighted by molar-refractivity contribution is 0.0992. The second-order valence-corrected chi connectivity index (χ2v) is 12.0. The first kappa shape index (κ1) is 24.8. The molecule has 42 heavy (non-hydrogen) atoms. The number of ketones is 1. The molecule has 0 aromatic heterocycles. The van der Waals surface area contributed by atoms with E-state index < -0.39 is 0 Å². The van der Waals surface area contributed by atoms with Crippen molar-refractivity contribution in [1.82, 2.24) is 0 Å². The molecule has 0 amide bonds. The molecule has 8 rings (SSSR count). The average Bonchev–Trinajstić information content (AvgIpc) is 3.27. The molecule has 1 heteroatoms. The smallest absolute Gasteiger partial charge is 0.167 e. The number of hydrogen-bond acceptors (Lipinski definition) is 1. The third-order valence-electron chi connectivity index (χ3n) is 9.24. The van der Waals surface area contributed by atoms with E-state index in [1.54, 1.807) is 0 Å². The SMILES string of the molecule is CC1(C)c2ccccc2-c2cc3c(c(-c4cc(-c5ccccc5)cc(-c5ccccc5)c4)c21)CC(=O)c1ccccc1-3. The first-order valence-corrected chi connectivity index (χ1v) is 14.7. The van der Waals surface area contributed by atoms with E-state index in [-0.39, 0.29) is 11.2 Å². The Morgan fingerprint density at radius 1 is 0.476 bits per heavy atom. The predicted octanol–water partition coefficient (Wildman–Crippen LogP) is 10.4. The molecule has 2 aliphatic carbocycles. The van der Waals surface area contributed by atoms with E-state index in [1.807, 2.05) is 12.1 Å². The summed E-state index contributed by atoms with van der Waals surface area (Å²) < 4.78 is 0. The highest BCUT2D eigenvalue weighted by atomic mass is 16.1. The van der Waals surface area contributed by atoms with Crippen molar-refractivity contribution in [3.63, 3.8) is 0 Å². The molecule has 0 bridgehead atoms. The molecule has 0 unspecified atom stereocenters. The Morgan fingerprint density at radius 2 is 1.00 bits per heavy atom. The lowest BCUT2D eigenvalue weighted by atomic mass is 9.72. The summed E-state index contributed by atoms with van der Waals surface area (Å²) in [5.74, 6) is 0.190. The maximum atomic E-state index is 13.7. The Bertz CT molecular complexity index is 1970. The summed E-state index contributed by atoms with van der Waals surface area (Å²) in [6, 6.07) is 47.5. The van der Waals surface area contributed by atoms with Crippen molar-refractivity contribution < 1.29 is 4.79 Å². The molecule has 6 aromatic carbocycles. The second-order valence-electron chi connectivity index (χ2n) is 12.0. The lowest BCUT2D eigenvalue weighted by Crippen LogP contribution is -2.20. The molecule has 200 valence electrons. The van der Waals surface area contributed by atoms with Crippen molar-refractivity contribution in [2.45, 2.75) is 25.7 Å². The van der Waals surface area contributed by atoms with Crippen LogP contribution in [-0.2, 0) is 11.8 Å². The fraction of sp³-hybridized carbons (Fsp3) is 0.0976. The van der Waals surface area contributed by atoms with Gasteiger partial charge in [-0.25, -0.2) is 0 Å². The fourth-order valence-electron chi connectivity index (χ4n) is 7.31. The summed E-state index contributed by atoms with van der Waals surface area (Å²) >= 11 is 0. The summed E-state index contributed by atoms with van der Waals surface area (Å²) in [5.41, 5.74) is 16.3. The van der Waals surface area contributed by atoms with Gasteiger partial charge in [-0.1, -0.05) is 123 Å². The van der Waals surface area contributed by atoms with E-state index in [2.05, 4.69) is 135 Å². The lowest BCUT2D eigenvalue weighted by Gasteiger charge is -2.30. The van der Waals surface area contributed by atoms with Gasteiger partial charge in [0.1, 0.15) is 0 Å². The molecule has 0 aliphatic heterocycles. The Hall–Kier alpha value is -5.01. The molecule has 0 radical (unpaired) electrons. The summed E-state index contributed by atoms with van der Waals surface area (Å²) in [6.07, 6.45) is 0.400. The number of benzene rings is 6. The van der Waals surface area contributed by atoms with Gasteiger partial charge in [0.05, 0.1) is 0 Å². The van der Waals surface area contributed by atoms with Gasteiger partial charge in [0.25, 0.3) is 0 Å². The molecule has 0 heterocycles. The van der Waals surface area contributed by atoms with Gasteiger partial charge in [-0.15, -0.1) is 0 Å². The zero-order valence-electron chi connectivity index (χ0n) is 23.8. The topological polar surface area (TPSA) is 17.1 Å². The molecule has 0 saturated carbocycles. The minimum Gasteiger partial charge on any atom is -0.294 e. The minimum atomic E-state index is -0.216. The van der Waals surface area contributed by atoms with Crippen molar-refractivity contribution in [2.24, 2.45) is 0 Å². The molecule has 0 fully saturated rings. The Labute approximate surface area is 247 Å². The van der Waals surface area contributed by atoms with Crippen LogP contribution in [0.4, 0.5) is 0 Å². The second kappa shape index (κ2) is 9.26. The molecule has 0 saturated heterocycles. The highest BCUT2D eigenvalue weighted by Crippen LogP contribution is 2.56. The minimum absolute atomic E-state index is 0.190. The van der Waals surface area contributed by atoms with Crippen molar-refractivity contribution in [3.8, 4) is 55.6 Å². The molecule has 6 aromatic rings. The monoisotopic (exact) mass is 538 g/mol. The van der Waals surface area contributed by atoms with Gasteiger partial charge in [-0.3, -0.25) is 4.79 Å². The average molecular weight is 539 g/mol. The third kappa shape index (κ3) is 3.67. The fourth-order valence-corrected chi connectivity index (χ4v) is 7.31. The van der Waals surface area contributed by atoms with Crippen molar-refractivity contribution in [3.05, 3.63) is 156 Å². The zero-order chi connectivity index (χ0) is 28.4. The maximum absolute atomic E-state index is 13.7. The number of hydrogen-bond donors (Lipinski definition) is 0. The van der Waals surface area contributed by atoms with Gasteiger partial charge in [0.15, 0.2) is 5.78 Å². The summed E-state index contributed by atoms with van der Waals surface area (Å²) in [7, 11) is 0. The van der Waals surface area contributed by atoms with Gasteiger partial charge in [0.2, 0.25) is 0 Å². The van der Waals surface area contributed by atoms with Crippen LogP contribution in [-0.4, -0.2) is 5.78 Å². The van der Waals surface area contributed by atoms with Gasteiger partial charge in [-0.05, 0) is 96.6 Å². The van der Waals surface area contributed by atoms with E-state index in [9.17, 15) is 4.79 Å². The van der Waals surface area contributed by atoms with E-state index in [0.29, 0.717) is 6.42 Å². The van der Waals surface area contributed by atoms with E-state index in [4.69, 9.17) is 0 Å². The summed E-state index contributed by atoms with van der Waals surface area (Å²) in [4.78, 5) is 13.7. The molecule has 1 nitrogen and oxygen atoms in total. The molecule has 0 spiro atoms. The third-order valence-corrected chi connectivity index (χ3v) is 9.24. The van der Waals surface area contributed by atoms with Crippen LogP contribution in [0.25, 0.3) is 55.6 Å². The van der Waals surface area contributed by atoms with Crippen LogP contribution in [0.1, 0.15) is 40.9 Å². The van der Waals surface area contributed by atoms with Crippen LogP contribution in [0.2, 0.25) is 0 Å². The highest BCUT2D eigenvalue weighted by molar-refractivity contribution is 6.10. The normalized spacial score (nSPS) is 14.1. The number of rotatable bonds is 3.